The summed E-state index contributed by atoms with van der Waals surface area (Å²) in [6.07, 6.45) is 4.93. The molecule has 0 N–H and O–H groups in total. The number of allylic oxidation sites excluding steroid dienone is 1. The third kappa shape index (κ3) is 2.86. The van der Waals surface area contributed by atoms with Gasteiger partial charge in [0.05, 0.1) is 4.92 Å². The molecule has 0 radical (unpaired) electrons. The molecule has 104 valence electrons. The van der Waals surface area contributed by atoms with Crippen LogP contribution in [0.1, 0.15) is 0 Å². The molecule has 0 fully saturated rings. The van der Waals surface area contributed by atoms with Gasteiger partial charge < -0.3 is 0 Å². The number of hydrogen-bond donors (Lipinski definition) is 0. The van der Waals surface area contributed by atoms with E-state index in [4.69, 9.17) is 23.2 Å². The van der Waals surface area contributed by atoms with E-state index in [1.807, 2.05) is 0 Å². The topological polar surface area (TPSA) is 105 Å². The van der Waals surface area contributed by atoms with Crippen LogP contribution < -0.4 is 0 Å². The van der Waals surface area contributed by atoms with E-state index in [0.29, 0.717) is 0 Å². The van der Waals surface area contributed by atoms with Gasteiger partial charge >= 0.3 is 5.70 Å². The second kappa shape index (κ2) is 6.11. The van der Waals surface area contributed by atoms with E-state index >= 15 is 0 Å². The second-order valence-electron chi connectivity index (χ2n) is 3.18. The Labute approximate surface area is 129 Å². The van der Waals surface area contributed by atoms with E-state index in [1.54, 1.807) is 0 Å². The second-order valence-corrected chi connectivity index (χ2v) is 5.19. The Hall–Kier alpha value is -1.78. The van der Waals surface area contributed by atoms with Gasteiger partial charge in [0.25, 0.3) is 0 Å². The van der Waals surface area contributed by atoms with Crippen molar-refractivity contribution in [2.24, 2.45) is 0 Å². The van der Waals surface area contributed by atoms with Crippen molar-refractivity contribution < 1.29 is 4.92 Å². The zero-order valence-electron chi connectivity index (χ0n) is 9.39. The minimum absolute atomic E-state index is 0.0763. The highest BCUT2D eigenvalue weighted by Crippen LogP contribution is 2.28. The van der Waals surface area contributed by atoms with Gasteiger partial charge in [-0.15, -0.1) is 0 Å². The SMILES string of the molecule is O=[N+]([O-])C(=C(n1cncn1)n1cncn1)/C(Cl)=C(/Cl)Br. The van der Waals surface area contributed by atoms with Gasteiger partial charge in [0.2, 0.25) is 5.82 Å². The fourth-order valence-electron chi connectivity index (χ4n) is 1.31. The molecule has 2 rings (SSSR count). The van der Waals surface area contributed by atoms with Crippen molar-refractivity contribution in [1.29, 1.82) is 0 Å². The highest BCUT2D eigenvalue weighted by molar-refractivity contribution is 9.12. The zero-order valence-corrected chi connectivity index (χ0v) is 12.5. The molecule has 2 aromatic heterocycles. The van der Waals surface area contributed by atoms with E-state index in [-0.39, 0.29) is 14.8 Å². The average molecular weight is 381 g/mol. The lowest BCUT2D eigenvalue weighted by Gasteiger charge is -2.07. The van der Waals surface area contributed by atoms with Crippen molar-refractivity contribution in [1.82, 2.24) is 29.5 Å². The highest BCUT2D eigenvalue weighted by atomic mass is 79.9. The van der Waals surface area contributed by atoms with Crippen LogP contribution in [0.2, 0.25) is 0 Å². The smallest absolute Gasteiger partial charge is 0.258 e. The first kappa shape index (κ1) is 14.6. The van der Waals surface area contributed by atoms with Crippen molar-refractivity contribution >= 4 is 39.1 Å². The zero-order chi connectivity index (χ0) is 14.7. The molecule has 0 saturated heterocycles. The van der Waals surface area contributed by atoms with Gasteiger partial charge in [0, 0.05) is 0 Å². The summed E-state index contributed by atoms with van der Waals surface area (Å²) in [7, 11) is 0. The number of halogens is 3. The largest absolute Gasteiger partial charge is 0.334 e. The number of aromatic nitrogens is 6. The fourth-order valence-corrected chi connectivity index (χ4v) is 1.74. The van der Waals surface area contributed by atoms with Gasteiger partial charge in [0.15, 0.2) is 0 Å². The lowest BCUT2D eigenvalue weighted by Crippen LogP contribution is -2.19. The lowest BCUT2D eigenvalue weighted by molar-refractivity contribution is -0.422. The van der Waals surface area contributed by atoms with Crippen LogP contribution in [0.15, 0.2) is 40.0 Å². The van der Waals surface area contributed by atoms with E-state index in [0.717, 1.165) is 9.36 Å². The molecule has 12 heteroatoms. The molecule has 9 nitrogen and oxygen atoms in total. The van der Waals surface area contributed by atoms with Gasteiger partial charge in [-0.2, -0.15) is 19.6 Å². The summed E-state index contributed by atoms with van der Waals surface area (Å²) in [5, 5.41) is 18.7. The molecule has 0 aromatic carbocycles. The quantitative estimate of drug-likeness (QED) is 0.454. The van der Waals surface area contributed by atoms with Crippen LogP contribution in [-0.4, -0.2) is 34.5 Å². The molecule has 0 unspecified atom stereocenters. The molecule has 0 aliphatic rings. The highest BCUT2D eigenvalue weighted by Gasteiger charge is 2.28. The maximum absolute atomic E-state index is 11.3. The first-order valence-electron chi connectivity index (χ1n) is 4.82. The van der Waals surface area contributed by atoms with Crippen molar-refractivity contribution in [2.75, 3.05) is 0 Å². The van der Waals surface area contributed by atoms with E-state index < -0.39 is 10.6 Å². The molecule has 20 heavy (non-hydrogen) atoms. The van der Waals surface area contributed by atoms with Crippen LogP contribution in [0.4, 0.5) is 0 Å². The Balaban J connectivity index is 2.80. The van der Waals surface area contributed by atoms with E-state index in [2.05, 4.69) is 36.1 Å². The van der Waals surface area contributed by atoms with E-state index in [9.17, 15) is 10.1 Å². The Kier molecular flexibility index (Phi) is 4.47. The van der Waals surface area contributed by atoms with Gasteiger partial charge in [0.1, 0.15) is 34.3 Å². The first-order chi connectivity index (χ1) is 9.52. The van der Waals surface area contributed by atoms with Gasteiger partial charge in [-0.25, -0.2) is 9.97 Å². The molecule has 2 heterocycles. The third-order valence-corrected chi connectivity index (χ3v) is 3.32. The molecule has 0 spiro atoms. The molecule has 0 atom stereocenters. The van der Waals surface area contributed by atoms with Crippen LogP contribution >= 0.6 is 39.1 Å². The first-order valence-corrected chi connectivity index (χ1v) is 6.37. The van der Waals surface area contributed by atoms with Crippen LogP contribution in [-0.2, 0) is 0 Å². The van der Waals surface area contributed by atoms with Gasteiger partial charge in [-0.3, -0.25) is 10.1 Å². The molecule has 0 aliphatic heterocycles. The lowest BCUT2D eigenvalue weighted by atomic mass is 10.4. The van der Waals surface area contributed by atoms with Gasteiger partial charge in [-0.05, 0) is 15.9 Å². The number of hydrogen-bond acceptors (Lipinski definition) is 6. The monoisotopic (exact) mass is 379 g/mol. The normalized spacial score (nSPS) is 11.9. The number of nitrogens with zero attached hydrogens (tertiary/aromatic N) is 7. The van der Waals surface area contributed by atoms with Crippen molar-refractivity contribution in [3.63, 3.8) is 0 Å². The van der Waals surface area contributed by atoms with Crippen molar-refractivity contribution in [3.05, 3.63) is 55.9 Å². The Bertz CT molecular complexity index is 640. The summed E-state index contributed by atoms with van der Waals surface area (Å²) in [5.74, 6) is -0.0763. The predicted octanol–water partition coefficient (Wildman–Crippen LogP) is 1.68. The maximum Gasteiger partial charge on any atom is 0.334 e. The molecule has 2 aromatic rings. The van der Waals surface area contributed by atoms with Crippen LogP contribution in [0.5, 0.6) is 0 Å². The number of rotatable bonds is 4. The minimum Gasteiger partial charge on any atom is -0.258 e. The van der Waals surface area contributed by atoms with Crippen LogP contribution in [0.25, 0.3) is 0 Å². The molecular weight excluding hydrogens is 377 g/mol. The predicted molar refractivity (Wildman–Crippen MR) is 72.2 cm³/mol. The molecule has 0 amide bonds. The Morgan fingerprint density at radius 2 is 1.65 bits per heavy atom. The summed E-state index contributed by atoms with van der Waals surface area (Å²) in [5.41, 5.74) is -0.510. The summed E-state index contributed by atoms with van der Waals surface area (Å²) in [6, 6.07) is 0. The Morgan fingerprint density at radius 1 is 1.15 bits per heavy atom. The van der Waals surface area contributed by atoms with Gasteiger partial charge in [-0.1, -0.05) is 23.2 Å². The molecule has 0 aliphatic carbocycles. The minimum atomic E-state index is -0.704. The summed E-state index contributed by atoms with van der Waals surface area (Å²) in [6.45, 7) is 0. The van der Waals surface area contributed by atoms with E-state index in [1.165, 1.54) is 25.3 Å². The van der Waals surface area contributed by atoms with Crippen LogP contribution in [0.3, 0.4) is 0 Å². The summed E-state index contributed by atoms with van der Waals surface area (Å²) in [4.78, 5) is 18.1. The van der Waals surface area contributed by atoms with Crippen molar-refractivity contribution in [3.8, 4) is 0 Å². The third-order valence-electron chi connectivity index (χ3n) is 2.04. The molecule has 0 saturated carbocycles. The fraction of sp³-hybridized carbons (Fsp3) is 0. The van der Waals surface area contributed by atoms with Crippen molar-refractivity contribution in [2.45, 2.75) is 0 Å². The average Bonchev–Trinajstić information content (AvgIpc) is 3.07. The number of nitro groups is 1. The molecular formula is C8H4BrCl2N7O2. The summed E-state index contributed by atoms with van der Waals surface area (Å²) >= 11 is 14.4. The molecule has 0 bridgehead atoms. The maximum atomic E-state index is 11.3. The Morgan fingerprint density at radius 3 is 1.95 bits per heavy atom. The van der Waals surface area contributed by atoms with Crippen LogP contribution in [0, 0.1) is 15.9 Å². The summed E-state index contributed by atoms with van der Waals surface area (Å²) < 4.78 is 2.13. The standard InChI is InChI=1S/C8H4BrCl2N7O2/c9-7(11)5(10)6(18(19)20)8(16-3-12-1-14-16)17-4-13-2-15-17/h1-4H/b7-5-.